The van der Waals surface area contributed by atoms with E-state index in [4.69, 9.17) is 21.1 Å². The van der Waals surface area contributed by atoms with E-state index in [1.165, 1.54) is 41.0 Å². The van der Waals surface area contributed by atoms with Gasteiger partial charge in [-0.2, -0.15) is 11.3 Å². The van der Waals surface area contributed by atoms with Gasteiger partial charge in [0.15, 0.2) is 17.3 Å². The monoisotopic (exact) mass is 554 g/mol. The van der Waals surface area contributed by atoms with E-state index in [0.29, 0.717) is 21.8 Å². The number of pyridine rings is 1. The number of amides is 1. The van der Waals surface area contributed by atoms with Crippen molar-refractivity contribution in [1.82, 2.24) is 9.29 Å². The van der Waals surface area contributed by atoms with Crippen molar-refractivity contribution < 1.29 is 23.5 Å². The normalized spacial score (nSPS) is 19.7. The summed E-state index contributed by atoms with van der Waals surface area (Å²) in [5.41, 5.74) is 0.224. The lowest BCUT2D eigenvalue weighted by molar-refractivity contribution is -0.142. The van der Waals surface area contributed by atoms with Crippen LogP contribution in [0.1, 0.15) is 29.2 Å². The minimum absolute atomic E-state index is 0.0782. The van der Waals surface area contributed by atoms with Crippen LogP contribution < -0.4 is 9.47 Å². The number of rotatable bonds is 6. The van der Waals surface area contributed by atoms with Crippen molar-refractivity contribution >= 4 is 47.4 Å². The molecule has 1 aliphatic rings. The number of aromatic nitrogens is 1. The van der Waals surface area contributed by atoms with E-state index < -0.39 is 23.2 Å². The molecule has 0 saturated carbocycles. The third-order valence-corrected chi connectivity index (χ3v) is 7.84. The molecule has 188 valence electrons. The first-order valence-corrected chi connectivity index (χ1v) is 12.9. The Morgan fingerprint density at radius 2 is 1.92 bits per heavy atom. The average molecular weight is 555 g/mol. The van der Waals surface area contributed by atoms with E-state index in [1.807, 2.05) is 16.8 Å². The Morgan fingerprint density at radius 1 is 1.11 bits per heavy atom. The first kappa shape index (κ1) is 25.3. The van der Waals surface area contributed by atoms with Crippen LogP contribution in [-0.2, 0) is 15.1 Å². The molecule has 37 heavy (non-hydrogen) atoms. The summed E-state index contributed by atoms with van der Waals surface area (Å²) in [6.07, 6.45) is -0.0782. The van der Waals surface area contributed by atoms with Crippen LogP contribution in [0.5, 0.6) is 17.4 Å². The number of methoxy groups -OCH3 is 1. The fourth-order valence-electron chi connectivity index (χ4n) is 4.50. The van der Waals surface area contributed by atoms with Crippen molar-refractivity contribution in [2.75, 3.05) is 7.11 Å². The van der Waals surface area contributed by atoms with Crippen LogP contribution >= 0.6 is 35.8 Å². The number of carbonyl (C=O) groups excluding carboxylic acids is 2. The van der Waals surface area contributed by atoms with Crippen molar-refractivity contribution in [3.05, 3.63) is 105 Å². The molecule has 2 aromatic heterocycles. The fourth-order valence-corrected chi connectivity index (χ4v) is 5.88. The van der Waals surface area contributed by atoms with Gasteiger partial charge in [0.05, 0.1) is 12.8 Å². The van der Waals surface area contributed by atoms with Gasteiger partial charge in [-0.3, -0.25) is 13.9 Å². The van der Waals surface area contributed by atoms with Gasteiger partial charge in [0, 0.05) is 23.6 Å². The summed E-state index contributed by atoms with van der Waals surface area (Å²) >= 11 is 12.4. The van der Waals surface area contributed by atoms with E-state index in [9.17, 15) is 14.0 Å². The molecule has 4 aromatic rings. The topological polar surface area (TPSA) is 68.7 Å². The molecular formula is C27H20ClFN2O4S2. The molecule has 10 heteroatoms. The van der Waals surface area contributed by atoms with Crippen LogP contribution in [0, 0.1) is 5.82 Å². The minimum Gasteiger partial charge on any atom is -0.493 e. The van der Waals surface area contributed by atoms with Crippen LogP contribution in [-0.4, -0.2) is 28.1 Å². The fraction of sp³-hybridized carbons (Fsp3) is 0.148. The van der Waals surface area contributed by atoms with Gasteiger partial charge in [0.25, 0.3) is 0 Å². The lowest BCUT2D eigenvalue weighted by Gasteiger charge is -2.45. The second kappa shape index (κ2) is 10.2. The molecule has 0 bridgehead atoms. The summed E-state index contributed by atoms with van der Waals surface area (Å²) in [7, 11) is 1.41. The zero-order chi connectivity index (χ0) is 26.2. The van der Waals surface area contributed by atoms with E-state index in [1.54, 1.807) is 42.5 Å². The predicted molar refractivity (Wildman–Crippen MR) is 142 cm³/mol. The molecule has 1 amide bonds. The van der Waals surface area contributed by atoms with Gasteiger partial charge in [0.2, 0.25) is 11.8 Å². The number of ether oxygens (including phenoxy) is 2. The summed E-state index contributed by atoms with van der Waals surface area (Å²) in [4.78, 5) is 32.0. The molecule has 3 heterocycles. The number of thiol groups is 1. The Morgan fingerprint density at radius 3 is 2.65 bits per heavy atom. The number of hydrogen-bond acceptors (Lipinski definition) is 7. The summed E-state index contributed by atoms with van der Waals surface area (Å²) in [5, 5.41) is 4.05. The summed E-state index contributed by atoms with van der Waals surface area (Å²) in [6, 6.07) is 17.6. The molecular weight excluding hydrogens is 535 g/mol. The lowest BCUT2D eigenvalue weighted by atomic mass is 9.75. The molecule has 0 aliphatic carbocycles. The van der Waals surface area contributed by atoms with Crippen LogP contribution in [0.3, 0.4) is 0 Å². The number of Topliss-reactive ketones (excluding diaryl/α,β-unsaturated/α-hetero) is 1. The Balaban J connectivity index is 1.58. The number of halogens is 2. The second-order valence-electron chi connectivity index (χ2n) is 8.38. The lowest BCUT2D eigenvalue weighted by Crippen LogP contribution is -2.54. The first-order valence-electron chi connectivity index (χ1n) is 11.2. The largest absolute Gasteiger partial charge is 0.493 e. The zero-order valence-electron chi connectivity index (χ0n) is 19.4. The third kappa shape index (κ3) is 4.47. The summed E-state index contributed by atoms with van der Waals surface area (Å²) < 4.78 is 26.1. The van der Waals surface area contributed by atoms with Crippen LogP contribution in [0.4, 0.5) is 4.39 Å². The van der Waals surface area contributed by atoms with Crippen LogP contribution in [0.25, 0.3) is 0 Å². The maximum absolute atomic E-state index is 13.7. The number of nitrogens with zero attached hydrogens (tertiary/aromatic N) is 2. The molecule has 1 aliphatic heterocycles. The molecule has 5 rings (SSSR count). The highest BCUT2D eigenvalue weighted by Crippen LogP contribution is 2.48. The van der Waals surface area contributed by atoms with Crippen molar-refractivity contribution in [3.63, 3.8) is 0 Å². The molecule has 6 nitrogen and oxygen atoms in total. The van der Waals surface area contributed by atoms with Crippen molar-refractivity contribution in [3.8, 4) is 17.4 Å². The van der Waals surface area contributed by atoms with Gasteiger partial charge in [0.1, 0.15) is 17.3 Å². The molecule has 0 radical (unpaired) electrons. The minimum atomic E-state index is -1.29. The van der Waals surface area contributed by atoms with E-state index >= 15 is 0 Å². The summed E-state index contributed by atoms with van der Waals surface area (Å²) in [6.45, 7) is 0. The highest BCUT2D eigenvalue weighted by Gasteiger charge is 2.53. The van der Waals surface area contributed by atoms with Crippen LogP contribution in [0.15, 0.2) is 77.5 Å². The standard InChI is InChI=1S/C27H20ClFN2O4S2/c1-34-22-13-17(29)9-10-21(22)35-24-8-4-7-23(30-24)27(16-11-12-37-15-16)14-20(32)25(26(33)31(27)36)18-5-2-3-6-19(18)28/h2-13,15,25,36H,14H2,1H3/t25?,27-/m0/s1. The zero-order valence-corrected chi connectivity index (χ0v) is 21.9. The highest BCUT2D eigenvalue weighted by molar-refractivity contribution is 7.78. The number of benzene rings is 2. The third-order valence-electron chi connectivity index (χ3n) is 6.27. The average Bonchev–Trinajstić information content (AvgIpc) is 3.44. The molecule has 2 atom stereocenters. The van der Waals surface area contributed by atoms with Crippen LogP contribution in [0.2, 0.25) is 5.02 Å². The second-order valence-corrected chi connectivity index (χ2v) is 9.97. The van der Waals surface area contributed by atoms with Gasteiger partial charge in [-0.1, -0.05) is 48.7 Å². The quantitative estimate of drug-likeness (QED) is 0.220. The van der Waals surface area contributed by atoms with Gasteiger partial charge >= 0.3 is 0 Å². The number of ketones is 1. The van der Waals surface area contributed by atoms with E-state index in [0.717, 1.165) is 0 Å². The van der Waals surface area contributed by atoms with Crippen molar-refractivity contribution in [2.45, 2.75) is 17.9 Å². The van der Waals surface area contributed by atoms with Crippen molar-refractivity contribution in [2.24, 2.45) is 0 Å². The molecule has 2 aromatic carbocycles. The number of carbonyl (C=O) groups is 2. The Kier molecular flexibility index (Phi) is 6.94. The Labute approximate surface area is 227 Å². The maximum Gasteiger partial charge on any atom is 0.248 e. The van der Waals surface area contributed by atoms with Crippen molar-refractivity contribution in [1.29, 1.82) is 0 Å². The number of piperidine rings is 1. The van der Waals surface area contributed by atoms with Gasteiger partial charge in [-0.05, 0) is 52.2 Å². The van der Waals surface area contributed by atoms with Gasteiger partial charge in [-0.25, -0.2) is 9.37 Å². The van der Waals surface area contributed by atoms with E-state index in [2.05, 4.69) is 17.8 Å². The highest BCUT2D eigenvalue weighted by atomic mass is 35.5. The van der Waals surface area contributed by atoms with Gasteiger partial charge < -0.3 is 9.47 Å². The summed E-state index contributed by atoms with van der Waals surface area (Å²) in [5.74, 6) is -1.74. The molecule has 1 unspecified atom stereocenters. The maximum atomic E-state index is 13.7. The Hall–Kier alpha value is -3.40. The SMILES string of the molecule is COc1cc(F)ccc1Oc1cccc([C@@]2(c3ccsc3)CC(=O)C(c3ccccc3Cl)C(=O)N2S)n1. The molecule has 0 N–H and O–H groups in total. The smallest absolute Gasteiger partial charge is 0.248 e. The molecule has 0 spiro atoms. The predicted octanol–water partition coefficient (Wildman–Crippen LogP) is 6.41. The molecule has 1 saturated heterocycles. The number of thiophene rings is 1. The molecule has 1 fully saturated rings. The first-order chi connectivity index (χ1) is 17.8. The van der Waals surface area contributed by atoms with Gasteiger partial charge in [-0.15, -0.1) is 0 Å². The van der Waals surface area contributed by atoms with E-state index in [-0.39, 0.29) is 29.6 Å². The number of hydrogen-bond donors (Lipinski definition) is 1. The Bertz CT molecular complexity index is 1480.